The monoisotopic (exact) mass is 209 g/mol. The highest BCUT2D eigenvalue weighted by Gasteiger charge is 2.14. The number of ether oxygens (including phenoxy) is 1. The molecular formula is C11H19N3O. The first-order valence-corrected chi connectivity index (χ1v) is 5.65. The number of aryl methyl sites for hydroxylation is 1. The van der Waals surface area contributed by atoms with Crippen molar-refractivity contribution in [3.8, 4) is 0 Å². The average molecular weight is 209 g/mol. The standard InChI is InChI=1S/C11H19N3O/c1-14-7-5-10(13-14)4-6-12-9-11-3-2-8-15-11/h5,7,11-12H,2-4,6,8-9H2,1H3. The van der Waals surface area contributed by atoms with Gasteiger partial charge >= 0.3 is 0 Å². The van der Waals surface area contributed by atoms with Crippen molar-refractivity contribution in [3.63, 3.8) is 0 Å². The Bertz CT molecular complexity index is 292. The van der Waals surface area contributed by atoms with E-state index in [1.54, 1.807) is 0 Å². The van der Waals surface area contributed by atoms with Crippen molar-refractivity contribution in [2.24, 2.45) is 7.05 Å². The van der Waals surface area contributed by atoms with Crippen molar-refractivity contribution >= 4 is 0 Å². The van der Waals surface area contributed by atoms with Gasteiger partial charge < -0.3 is 10.1 Å². The van der Waals surface area contributed by atoms with E-state index in [4.69, 9.17) is 4.74 Å². The number of nitrogens with one attached hydrogen (secondary N) is 1. The van der Waals surface area contributed by atoms with Gasteiger partial charge in [-0.05, 0) is 18.9 Å². The van der Waals surface area contributed by atoms with E-state index < -0.39 is 0 Å². The molecule has 2 heterocycles. The predicted octanol–water partition coefficient (Wildman–Crippen LogP) is 0.731. The van der Waals surface area contributed by atoms with E-state index in [9.17, 15) is 0 Å². The van der Waals surface area contributed by atoms with Crippen LogP contribution in [-0.4, -0.2) is 35.6 Å². The van der Waals surface area contributed by atoms with Crippen molar-refractivity contribution in [1.29, 1.82) is 0 Å². The van der Waals surface area contributed by atoms with Crippen LogP contribution < -0.4 is 5.32 Å². The van der Waals surface area contributed by atoms with E-state index in [-0.39, 0.29) is 0 Å². The number of hydrogen-bond donors (Lipinski definition) is 1. The fourth-order valence-corrected chi connectivity index (χ4v) is 1.88. The van der Waals surface area contributed by atoms with Crippen molar-refractivity contribution in [2.45, 2.75) is 25.4 Å². The van der Waals surface area contributed by atoms with Gasteiger partial charge in [0.05, 0.1) is 11.8 Å². The highest BCUT2D eigenvalue weighted by molar-refractivity contribution is 4.98. The molecule has 1 aromatic rings. The SMILES string of the molecule is Cn1ccc(CCNCC2CCCO2)n1. The van der Waals surface area contributed by atoms with Crippen LogP contribution >= 0.6 is 0 Å². The van der Waals surface area contributed by atoms with Crippen LogP contribution in [0.2, 0.25) is 0 Å². The topological polar surface area (TPSA) is 39.1 Å². The minimum Gasteiger partial charge on any atom is -0.377 e. The summed E-state index contributed by atoms with van der Waals surface area (Å²) in [6, 6.07) is 2.06. The van der Waals surface area contributed by atoms with Gasteiger partial charge in [0.2, 0.25) is 0 Å². The fraction of sp³-hybridized carbons (Fsp3) is 0.727. The van der Waals surface area contributed by atoms with Gasteiger partial charge in [-0.2, -0.15) is 5.10 Å². The van der Waals surface area contributed by atoms with Gasteiger partial charge in [0, 0.05) is 39.4 Å². The highest BCUT2D eigenvalue weighted by atomic mass is 16.5. The average Bonchev–Trinajstić information content (AvgIpc) is 2.84. The van der Waals surface area contributed by atoms with Gasteiger partial charge in [0.1, 0.15) is 0 Å². The van der Waals surface area contributed by atoms with Crippen molar-refractivity contribution < 1.29 is 4.74 Å². The molecule has 1 saturated heterocycles. The van der Waals surface area contributed by atoms with Crippen molar-refractivity contribution in [3.05, 3.63) is 18.0 Å². The number of hydrogen-bond acceptors (Lipinski definition) is 3. The van der Waals surface area contributed by atoms with Crippen LogP contribution in [0.15, 0.2) is 12.3 Å². The summed E-state index contributed by atoms with van der Waals surface area (Å²) in [6.45, 7) is 2.90. The van der Waals surface area contributed by atoms with E-state index in [0.29, 0.717) is 6.10 Å². The van der Waals surface area contributed by atoms with Gasteiger partial charge in [-0.1, -0.05) is 0 Å². The van der Waals surface area contributed by atoms with E-state index in [1.165, 1.54) is 12.8 Å². The maximum Gasteiger partial charge on any atom is 0.0700 e. The Labute approximate surface area is 90.6 Å². The summed E-state index contributed by atoms with van der Waals surface area (Å²) in [5.74, 6) is 0. The minimum absolute atomic E-state index is 0.439. The minimum atomic E-state index is 0.439. The quantitative estimate of drug-likeness (QED) is 0.727. The third-order valence-corrected chi connectivity index (χ3v) is 2.72. The number of nitrogens with zero attached hydrogens (tertiary/aromatic N) is 2. The van der Waals surface area contributed by atoms with Gasteiger partial charge in [-0.15, -0.1) is 0 Å². The van der Waals surface area contributed by atoms with Gasteiger partial charge in [0.25, 0.3) is 0 Å². The van der Waals surface area contributed by atoms with E-state index >= 15 is 0 Å². The van der Waals surface area contributed by atoms with Crippen LogP contribution in [0.25, 0.3) is 0 Å². The summed E-state index contributed by atoms with van der Waals surface area (Å²) < 4.78 is 7.37. The zero-order chi connectivity index (χ0) is 10.5. The lowest BCUT2D eigenvalue weighted by molar-refractivity contribution is 0.110. The third kappa shape index (κ3) is 3.32. The number of aromatic nitrogens is 2. The molecule has 0 aliphatic carbocycles. The maximum absolute atomic E-state index is 5.53. The smallest absolute Gasteiger partial charge is 0.0700 e. The summed E-state index contributed by atoms with van der Waals surface area (Å²) in [5, 5.41) is 7.74. The van der Waals surface area contributed by atoms with E-state index in [1.807, 2.05) is 17.9 Å². The third-order valence-electron chi connectivity index (χ3n) is 2.72. The first-order chi connectivity index (χ1) is 7.34. The normalized spacial score (nSPS) is 21.0. The van der Waals surface area contributed by atoms with E-state index in [2.05, 4.69) is 16.5 Å². The second-order valence-corrected chi connectivity index (χ2v) is 4.07. The van der Waals surface area contributed by atoms with Crippen LogP contribution in [0, 0.1) is 0 Å². The van der Waals surface area contributed by atoms with Gasteiger partial charge in [-0.25, -0.2) is 0 Å². The van der Waals surface area contributed by atoms with Crippen LogP contribution in [0.5, 0.6) is 0 Å². The molecule has 4 nitrogen and oxygen atoms in total. The molecule has 1 atom stereocenters. The molecule has 15 heavy (non-hydrogen) atoms. The van der Waals surface area contributed by atoms with Gasteiger partial charge in [0.15, 0.2) is 0 Å². The Morgan fingerprint density at radius 2 is 2.60 bits per heavy atom. The summed E-state index contributed by atoms with van der Waals surface area (Å²) in [6.07, 6.45) is 5.83. The van der Waals surface area contributed by atoms with Crippen LogP contribution in [-0.2, 0) is 18.2 Å². The Morgan fingerprint density at radius 3 is 3.27 bits per heavy atom. The molecule has 0 radical (unpaired) electrons. The van der Waals surface area contributed by atoms with Crippen LogP contribution in [0.1, 0.15) is 18.5 Å². The first kappa shape index (κ1) is 10.6. The Hall–Kier alpha value is -0.870. The molecule has 1 fully saturated rings. The molecule has 4 heteroatoms. The highest BCUT2D eigenvalue weighted by Crippen LogP contribution is 2.10. The molecule has 1 unspecified atom stereocenters. The molecule has 0 amide bonds. The molecule has 1 N–H and O–H groups in total. The van der Waals surface area contributed by atoms with E-state index in [0.717, 1.165) is 31.8 Å². The zero-order valence-electron chi connectivity index (χ0n) is 9.28. The maximum atomic E-state index is 5.53. The molecule has 1 aliphatic rings. The lowest BCUT2D eigenvalue weighted by Gasteiger charge is -2.09. The van der Waals surface area contributed by atoms with Gasteiger partial charge in [-0.3, -0.25) is 4.68 Å². The second-order valence-electron chi connectivity index (χ2n) is 4.07. The van der Waals surface area contributed by atoms with Crippen LogP contribution in [0.3, 0.4) is 0 Å². The Morgan fingerprint density at radius 1 is 1.67 bits per heavy atom. The largest absolute Gasteiger partial charge is 0.377 e. The molecule has 84 valence electrons. The summed E-state index contributed by atoms with van der Waals surface area (Å²) in [5.41, 5.74) is 1.15. The second kappa shape index (κ2) is 5.28. The predicted molar refractivity (Wildman–Crippen MR) is 58.8 cm³/mol. The fourth-order valence-electron chi connectivity index (χ4n) is 1.88. The molecule has 1 aliphatic heterocycles. The summed E-state index contributed by atoms with van der Waals surface area (Å²) >= 11 is 0. The molecule has 1 aromatic heterocycles. The molecule has 0 aromatic carbocycles. The zero-order valence-corrected chi connectivity index (χ0v) is 9.28. The van der Waals surface area contributed by atoms with Crippen LogP contribution in [0.4, 0.5) is 0 Å². The van der Waals surface area contributed by atoms with Crippen molar-refractivity contribution in [2.75, 3.05) is 19.7 Å². The molecule has 0 spiro atoms. The summed E-state index contributed by atoms with van der Waals surface area (Å²) in [4.78, 5) is 0. The molecule has 0 saturated carbocycles. The molecular weight excluding hydrogens is 190 g/mol. The Kier molecular flexibility index (Phi) is 3.75. The Balaban J connectivity index is 1.58. The van der Waals surface area contributed by atoms with Crippen molar-refractivity contribution in [1.82, 2.24) is 15.1 Å². The molecule has 2 rings (SSSR count). The summed E-state index contributed by atoms with van der Waals surface area (Å²) in [7, 11) is 1.95. The molecule has 0 bridgehead atoms. The first-order valence-electron chi connectivity index (χ1n) is 5.65. The lowest BCUT2D eigenvalue weighted by Crippen LogP contribution is -2.28. The number of rotatable bonds is 5. The lowest BCUT2D eigenvalue weighted by atomic mass is 10.2.